The number of hydrogen-bond donors (Lipinski definition) is 2. The molecule has 0 saturated heterocycles. The maximum absolute atomic E-state index is 11.8. The van der Waals surface area contributed by atoms with E-state index >= 15 is 0 Å². The number of aromatic hydroxyl groups is 1. The van der Waals surface area contributed by atoms with Crippen LogP contribution in [0, 0.1) is 10.1 Å². The van der Waals surface area contributed by atoms with Gasteiger partial charge in [0.2, 0.25) is 0 Å². The fourth-order valence-electron chi connectivity index (χ4n) is 3.98. The Bertz CT molecular complexity index is 1500. The maximum atomic E-state index is 11.8. The van der Waals surface area contributed by atoms with E-state index in [0.717, 1.165) is 32.4 Å². The molecule has 5 rings (SSSR count). The summed E-state index contributed by atoms with van der Waals surface area (Å²) >= 11 is 0. The van der Waals surface area contributed by atoms with E-state index in [1.807, 2.05) is 60.7 Å². The Balaban J connectivity index is 2.27. The molecule has 4 aromatic carbocycles. The van der Waals surface area contributed by atoms with Gasteiger partial charge in [-0.1, -0.05) is 66.7 Å². The van der Waals surface area contributed by atoms with Gasteiger partial charge in [0.05, 0.1) is 4.92 Å². The van der Waals surface area contributed by atoms with Crippen molar-refractivity contribution in [3.8, 4) is 5.75 Å². The number of nitrogens with one attached hydrogen (secondary N) is 1. The topological polar surface area (TPSA) is 79.2 Å². The van der Waals surface area contributed by atoms with E-state index in [-0.39, 0.29) is 17.0 Å². The summed E-state index contributed by atoms with van der Waals surface area (Å²) in [7, 11) is 0. The van der Waals surface area contributed by atoms with Gasteiger partial charge in [-0.2, -0.15) is 0 Å². The number of fused-ring (bicyclic) bond motifs is 7. The number of nitrogens with zero attached hydrogens (tertiary/aromatic N) is 1. The van der Waals surface area contributed by atoms with Crippen LogP contribution in [-0.4, -0.2) is 15.0 Å². The summed E-state index contributed by atoms with van der Waals surface area (Å²) in [5.41, 5.74) is 0.684. The minimum Gasteiger partial charge on any atom is -0.502 e. The molecule has 0 saturated carbocycles. The summed E-state index contributed by atoms with van der Waals surface area (Å²) < 4.78 is 0. The number of phenols is 1. The van der Waals surface area contributed by atoms with Crippen molar-refractivity contribution in [2.24, 2.45) is 0 Å². The molecule has 0 aliphatic rings. The summed E-state index contributed by atoms with van der Waals surface area (Å²) in [6, 6.07) is 26.7. The number of hydrogen-bond acceptors (Lipinski definition) is 3. The van der Waals surface area contributed by atoms with E-state index in [0.29, 0.717) is 5.39 Å². The third-order valence-corrected chi connectivity index (χ3v) is 5.25. The second-order valence-electron chi connectivity index (χ2n) is 6.87. The molecule has 0 amide bonds. The van der Waals surface area contributed by atoms with Crippen LogP contribution >= 0.6 is 0 Å². The Kier molecular flexibility index (Phi) is 3.81. The van der Waals surface area contributed by atoms with Crippen LogP contribution in [0.3, 0.4) is 0 Å². The first-order valence-corrected chi connectivity index (χ1v) is 9.21. The van der Waals surface area contributed by atoms with Crippen LogP contribution in [0.5, 0.6) is 5.75 Å². The van der Waals surface area contributed by atoms with Crippen molar-refractivity contribution in [3.05, 3.63) is 95.0 Å². The van der Waals surface area contributed by atoms with Crippen molar-refractivity contribution in [2.75, 3.05) is 0 Å². The zero-order chi connectivity index (χ0) is 20.0. The highest BCUT2D eigenvalue weighted by Crippen LogP contribution is 2.37. The van der Waals surface area contributed by atoms with E-state index < -0.39 is 4.92 Å². The van der Waals surface area contributed by atoms with Crippen molar-refractivity contribution >= 4 is 49.0 Å². The van der Waals surface area contributed by atoms with E-state index in [1.54, 1.807) is 6.07 Å². The number of phenolic OH excluding ortho intramolecular Hbond substituents is 1. The molecule has 0 spiro atoms. The second-order valence-corrected chi connectivity index (χ2v) is 6.87. The smallest absolute Gasteiger partial charge is 0.334 e. The van der Waals surface area contributed by atoms with Gasteiger partial charge < -0.3 is 10.1 Å². The molecular weight excluding hydrogens is 364 g/mol. The van der Waals surface area contributed by atoms with Crippen molar-refractivity contribution < 1.29 is 10.0 Å². The molecule has 0 aliphatic carbocycles. The molecule has 1 aromatic heterocycles. The molecular formula is C24H16N2O3. The quantitative estimate of drug-likeness (QED) is 0.262. The molecule has 140 valence electrons. The van der Waals surface area contributed by atoms with E-state index in [1.165, 1.54) is 6.07 Å². The van der Waals surface area contributed by atoms with Crippen molar-refractivity contribution in [1.29, 1.82) is 0 Å². The molecule has 29 heavy (non-hydrogen) atoms. The van der Waals surface area contributed by atoms with Crippen LogP contribution in [0.4, 0.5) is 5.69 Å². The Morgan fingerprint density at radius 2 is 1.14 bits per heavy atom. The molecule has 0 radical (unpaired) electrons. The van der Waals surface area contributed by atoms with Gasteiger partial charge in [0, 0.05) is 16.3 Å². The molecule has 0 fully saturated rings. The number of nitro groups is 1. The predicted octanol–water partition coefficient (Wildman–Crippen LogP) is 6.37. The van der Waals surface area contributed by atoms with Gasteiger partial charge in [-0.3, -0.25) is 10.1 Å². The van der Waals surface area contributed by atoms with Crippen molar-refractivity contribution in [1.82, 2.24) is 4.98 Å². The molecule has 0 aliphatic heterocycles. The SMILES string of the molecule is O=[N+]([O-])c1c(O)ccc2c1[nH]c1ccccc1c1ccccc1c1ccccc21. The van der Waals surface area contributed by atoms with Gasteiger partial charge in [0.15, 0.2) is 5.75 Å². The maximum Gasteiger partial charge on any atom is 0.334 e. The number of para-hydroxylation sites is 1. The fraction of sp³-hybridized carbons (Fsp3) is 0. The van der Waals surface area contributed by atoms with Gasteiger partial charge in [-0.05, 0) is 39.7 Å². The highest BCUT2D eigenvalue weighted by molar-refractivity contribution is 6.19. The van der Waals surface area contributed by atoms with Crippen molar-refractivity contribution in [2.45, 2.75) is 0 Å². The van der Waals surface area contributed by atoms with Crippen LogP contribution in [-0.2, 0) is 0 Å². The van der Waals surface area contributed by atoms with Gasteiger partial charge >= 0.3 is 5.69 Å². The number of aromatic nitrogens is 1. The number of rotatable bonds is 1. The largest absolute Gasteiger partial charge is 0.502 e. The summed E-state index contributed by atoms with van der Waals surface area (Å²) in [5.74, 6) is -0.368. The third-order valence-electron chi connectivity index (χ3n) is 5.25. The molecule has 2 N–H and O–H groups in total. The summed E-state index contributed by atoms with van der Waals surface area (Å²) in [4.78, 5) is 14.5. The van der Waals surface area contributed by atoms with E-state index in [2.05, 4.69) is 17.1 Å². The molecule has 5 nitrogen and oxygen atoms in total. The zero-order valence-corrected chi connectivity index (χ0v) is 15.3. The lowest BCUT2D eigenvalue weighted by molar-refractivity contribution is -0.384. The Hall–Kier alpha value is -4.12. The molecule has 0 atom stereocenters. The number of H-pyrrole nitrogens is 1. The number of aromatic amines is 1. The third kappa shape index (κ3) is 2.63. The summed E-state index contributed by atoms with van der Waals surface area (Å²) in [6.07, 6.45) is 0. The van der Waals surface area contributed by atoms with Crippen LogP contribution in [0.1, 0.15) is 0 Å². The standard InChI is InChI=1S/C24H16N2O3/c27-22-14-13-20-18-10-4-2-8-16(18)15-7-1-3-9-17(15)19-11-5-6-12-21(19)25-23(20)24(22)26(28)29/h1-14,25,27H. The fourth-order valence-corrected chi connectivity index (χ4v) is 3.98. The Morgan fingerprint density at radius 1 is 0.655 bits per heavy atom. The lowest BCUT2D eigenvalue weighted by Crippen LogP contribution is -1.92. The lowest BCUT2D eigenvalue weighted by Gasteiger charge is -2.03. The normalized spacial score (nSPS) is 11.2. The van der Waals surface area contributed by atoms with Crippen LogP contribution in [0.15, 0.2) is 84.9 Å². The summed E-state index contributed by atoms with van der Waals surface area (Å²) in [5, 5.41) is 27.6. The van der Waals surface area contributed by atoms with E-state index in [9.17, 15) is 15.2 Å². The molecule has 0 unspecified atom stereocenters. The van der Waals surface area contributed by atoms with Gasteiger partial charge in [0.1, 0.15) is 5.52 Å². The first-order chi connectivity index (χ1) is 14.1. The minimum atomic E-state index is -0.544. The van der Waals surface area contributed by atoms with Crippen LogP contribution in [0.2, 0.25) is 0 Å². The second kappa shape index (κ2) is 6.49. The molecule has 5 aromatic rings. The highest BCUT2D eigenvalue weighted by Gasteiger charge is 2.19. The first-order valence-electron chi connectivity index (χ1n) is 9.21. The summed E-state index contributed by atoms with van der Waals surface area (Å²) in [6.45, 7) is 0. The monoisotopic (exact) mass is 380 g/mol. The van der Waals surface area contributed by atoms with Crippen LogP contribution in [0.25, 0.3) is 43.4 Å². The predicted molar refractivity (Wildman–Crippen MR) is 117 cm³/mol. The minimum absolute atomic E-state index is 0.280. The Morgan fingerprint density at radius 3 is 1.72 bits per heavy atom. The Labute approximate surface area is 165 Å². The molecule has 5 heteroatoms. The first kappa shape index (κ1) is 17.0. The van der Waals surface area contributed by atoms with Crippen LogP contribution < -0.4 is 0 Å². The number of benzene rings is 4. The highest BCUT2D eigenvalue weighted by atomic mass is 16.6. The van der Waals surface area contributed by atoms with Crippen molar-refractivity contribution in [3.63, 3.8) is 0 Å². The zero-order valence-electron chi connectivity index (χ0n) is 15.3. The average molecular weight is 380 g/mol. The number of nitro benzene ring substituents is 1. The van der Waals surface area contributed by atoms with Gasteiger partial charge in [0.25, 0.3) is 0 Å². The van der Waals surface area contributed by atoms with E-state index in [4.69, 9.17) is 0 Å². The van der Waals surface area contributed by atoms with Gasteiger partial charge in [-0.15, -0.1) is 0 Å². The molecule has 0 bridgehead atoms. The average Bonchev–Trinajstić information content (AvgIpc) is 2.78. The van der Waals surface area contributed by atoms with Gasteiger partial charge in [-0.25, -0.2) is 0 Å². The molecule has 1 heterocycles. The lowest BCUT2D eigenvalue weighted by atomic mass is 10.0.